The van der Waals surface area contributed by atoms with Crippen LogP contribution in [0.2, 0.25) is 0 Å². The first kappa shape index (κ1) is 22.4. The highest BCUT2D eigenvalue weighted by Crippen LogP contribution is 2.25. The second-order valence-corrected chi connectivity index (χ2v) is 7.62. The van der Waals surface area contributed by atoms with E-state index in [1.807, 2.05) is 0 Å². The molecule has 0 aliphatic heterocycles. The van der Waals surface area contributed by atoms with Gasteiger partial charge in [-0.3, -0.25) is 0 Å². The monoisotopic (exact) mass is 390 g/mol. The van der Waals surface area contributed by atoms with E-state index in [1.54, 1.807) is 18.2 Å². The summed E-state index contributed by atoms with van der Waals surface area (Å²) in [6, 6.07) is 5.17. The van der Waals surface area contributed by atoms with Crippen LogP contribution >= 0.6 is 0 Å². The topological polar surface area (TPSA) is 39.4 Å². The Bertz CT molecular complexity index is 766. The van der Waals surface area contributed by atoms with Crippen molar-refractivity contribution in [1.82, 2.24) is 0 Å². The van der Waals surface area contributed by atoms with Gasteiger partial charge >= 0.3 is 5.63 Å². The fraction of sp³-hybridized carbons (Fsp3) is 0.625. The van der Waals surface area contributed by atoms with Crippen LogP contribution in [0.1, 0.15) is 90.2 Å². The van der Waals surface area contributed by atoms with Gasteiger partial charge in [0.2, 0.25) is 0 Å². The number of aryl methyl sites for hydroxylation is 1. The number of halogens is 1. The van der Waals surface area contributed by atoms with Crippen LogP contribution in [0.25, 0.3) is 10.8 Å². The number of fused-ring (bicyclic) bond motifs is 1. The van der Waals surface area contributed by atoms with Gasteiger partial charge in [0.1, 0.15) is 11.1 Å². The number of ether oxygens (including phenoxy) is 1. The normalized spacial score (nSPS) is 11.2. The van der Waals surface area contributed by atoms with Crippen molar-refractivity contribution < 1.29 is 13.5 Å². The predicted octanol–water partition coefficient (Wildman–Crippen LogP) is 7.18. The van der Waals surface area contributed by atoms with Gasteiger partial charge in [-0.05, 0) is 30.4 Å². The van der Waals surface area contributed by atoms with Crippen molar-refractivity contribution in [2.45, 2.75) is 90.9 Å². The summed E-state index contributed by atoms with van der Waals surface area (Å²) in [5.41, 5.74) is -0.607. The van der Waals surface area contributed by atoms with Crippen LogP contribution in [-0.4, -0.2) is 6.61 Å². The maximum atomic E-state index is 14.7. The first-order valence-corrected chi connectivity index (χ1v) is 11.0. The SMILES string of the molecule is CCCCCCCCc1cc2ccc(OCCCCCCC)c(F)c2c(=O)o1. The molecule has 156 valence electrons. The molecule has 0 fully saturated rings. The zero-order valence-electron chi connectivity index (χ0n) is 17.5. The Morgan fingerprint density at radius 3 is 2.25 bits per heavy atom. The molecule has 1 aromatic heterocycles. The molecule has 0 unspecified atom stereocenters. The molecule has 3 nitrogen and oxygen atoms in total. The van der Waals surface area contributed by atoms with Crippen molar-refractivity contribution in [3.8, 4) is 5.75 Å². The van der Waals surface area contributed by atoms with Crippen LogP contribution in [-0.2, 0) is 6.42 Å². The maximum absolute atomic E-state index is 14.7. The van der Waals surface area contributed by atoms with E-state index in [1.165, 1.54) is 44.9 Å². The molecule has 0 saturated heterocycles. The molecule has 0 atom stereocenters. The molecule has 2 aromatic rings. The van der Waals surface area contributed by atoms with Gasteiger partial charge in [0.15, 0.2) is 11.6 Å². The molecule has 0 spiro atoms. The highest BCUT2D eigenvalue weighted by molar-refractivity contribution is 5.83. The van der Waals surface area contributed by atoms with E-state index in [0.717, 1.165) is 32.1 Å². The third-order valence-electron chi connectivity index (χ3n) is 5.17. The van der Waals surface area contributed by atoms with Gasteiger partial charge in [-0.1, -0.05) is 77.7 Å². The Hall–Kier alpha value is -1.84. The van der Waals surface area contributed by atoms with Gasteiger partial charge in [-0.2, -0.15) is 0 Å². The number of benzene rings is 1. The average molecular weight is 391 g/mol. The minimum atomic E-state index is -0.607. The largest absolute Gasteiger partial charge is 0.490 e. The van der Waals surface area contributed by atoms with Crippen molar-refractivity contribution in [2.75, 3.05) is 6.61 Å². The fourth-order valence-corrected chi connectivity index (χ4v) is 3.47. The van der Waals surface area contributed by atoms with Crippen LogP contribution in [0.15, 0.2) is 27.4 Å². The number of hydrogen-bond acceptors (Lipinski definition) is 3. The van der Waals surface area contributed by atoms with Crippen molar-refractivity contribution in [3.63, 3.8) is 0 Å². The zero-order chi connectivity index (χ0) is 20.2. The molecular formula is C24H35FO3. The third-order valence-corrected chi connectivity index (χ3v) is 5.17. The molecule has 0 radical (unpaired) electrons. The van der Waals surface area contributed by atoms with Crippen molar-refractivity contribution in [1.29, 1.82) is 0 Å². The first-order valence-electron chi connectivity index (χ1n) is 11.0. The minimum Gasteiger partial charge on any atom is -0.490 e. The van der Waals surface area contributed by atoms with E-state index in [9.17, 15) is 9.18 Å². The van der Waals surface area contributed by atoms with Crippen LogP contribution in [0, 0.1) is 5.82 Å². The Kier molecular flexibility index (Phi) is 10.1. The van der Waals surface area contributed by atoms with E-state index in [2.05, 4.69) is 13.8 Å². The smallest absolute Gasteiger partial charge is 0.346 e. The molecule has 1 aromatic carbocycles. The molecule has 1 heterocycles. The van der Waals surface area contributed by atoms with E-state index in [4.69, 9.17) is 9.15 Å². The molecule has 0 aliphatic carbocycles. The van der Waals surface area contributed by atoms with E-state index in [0.29, 0.717) is 17.8 Å². The molecule has 0 bridgehead atoms. The lowest BCUT2D eigenvalue weighted by atomic mass is 10.1. The summed E-state index contributed by atoms with van der Waals surface area (Å²) in [4.78, 5) is 12.3. The van der Waals surface area contributed by atoms with Crippen molar-refractivity contribution >= 4 is 10.8 Å². The van der Waals surface area contributed by atoms with Crippen molar-refractivity contribution in [3.05, 3.63) is 40.2 Å². The Balaban J connectivity index is 1.95. The summed E-state index contributed by atoms with van der Waals surface area (Å²) in [5.74, 6) is 0.168. The minimum absolute atomic E-state index is 0.00446. The molecule has 0 aliphatic rings. The summed E-state index contributed by atoms with van der Waals surface area (Å²) in [5, 5.41) is 0.584. The third kappa shape index (κ3) is 6.96. The Morgan fingerprint density at radius 1 is 0.893 bits per heavy atom. The summed E-state index contributed by atoms with van der Waals surface area (Å²) >= 11 is 0. The van der Waals surface area contributed by atoms with Gasteiger partial charge < -0.3 is 9.15 Å². The zero-order valence-corrected chi connectivity index (χ0v) is 17.5. The molecule has 0 N–H and O–H groups in total. The summed E-state index contributed by atoms with van der Waals surface area (Å²) in [6.07, 6.45) is 13.3. The molecule has 0 amide bonds. The van der Waals surface area contributed by atoms with Gasteiger partial charge in [0.05, 0.1) is 6.61 Å². The standard InChI is InChI=1S/C24H35FO3/c1-3-5-7-9-10-12-14-20-18-19-15-16-21(23(25)22(19)24(26)28-20)27-17-13-11-8-6-4-2/h15-16,18H,3-14,17H2,1-2H3. The lowest BCUT2D eigenvalue weighted by Crippen LogP contribution is -2.07. The van der Waals surface area contributed by atoms with Crippen LogP contribution in [0.4, 0.5) is 4.39 Å². The quantitative estimate of drug-likeness (QED) is 0.321. The van der Waals surface area contributed by atoms with E-state index >= 15 is 0 Å². The molecular weight excluding hydrogens is 355 g/mol. The van der Waals surface area contributed by atoms with E-state index in [-0.39, 0.29) is 11.1 Å². The van der Waals surface area contributed by atoms with Crippen LogP contribution in [0.3, 0.4) is 0 Å². The highest BCUT2D eigenvalue weighted by Gasteiger charge is 2.14. The summed E-state index contributed by atoms with van der Waals surface area (Å²) in [7, 11) is 0. The molecule has 2 rings (SSSR count). The summed E-state index contributed by atoms with van der Waals surface area (Å²) < 4.78 is 25.7. The second kappa shape index (κ2) is 12.6. The number of rotatable bonds is 14. The van der Waals surface area contributed by atoms with Crippen LogP contribution < -0.4 is 10.4 Å². The number of hydrogen-bond donors (Lipinski definition) is 0. The first-order chi connectivity index (χ1) is 13.7. The Labute approximate surface area is 168 Å². The lowest BCUT2D eigenvalue weighted by Gasteiger charge is -2.09. The van der Waals surface area contributed by atoms with Gasteiger partial charge in [-0.25, -0.2) is 9.18 Å². The van der Waals surface area contributed by atoms with Gasteiger partial charge in [0.25, 0.3) is 0 Å². The predicted molar refractivity (Wildman–Crippen MR) is 114 cm³/mol. The average Bonchev–Trinajstić information content (AvgIpc) is 2.68. The second-order valence-electron chi connectivity index (χ2n) is 7.62. The van der Waals surface area contributed by atoms with E-state index < -0.39 is 11.4 Å². The van der Waals surface area contributed by atoms with Crippen LogP contribution in [0.5, 0.6) is 5.75 Å². The van der Waals surface area contributed by atoms with Crippen molar-refractivity contribution in [2.24, 2.45) is 0 Å². The Morgan fingerprint density at radius 2 is 1.54 bits per heavy atom. The van der Waals surface area contributed by atoms with Gasteiger partial charge in [-0.15, -0.1) is 0 Å². The lowest BCUT2D eigenvalue weighted by molar-refractivity contribution is 0.291. The molecule has 28 heavy (non-hydrogen) atoms. The fourth-order valence-electron chi connectivity index (χ4n) is 3.47. The molecule has 4 heteroatoms. The molecule has 0 saturated carbocycles. The summed E-state index contributed by atoms with van der Waals surface area (Å²) in [6.45, 7) is 4.84. The number of unbranched alkanes of at least 4 members (excludes halogenated alkanes) is 9. The maximum Gasteiger partial charge on any atom is 0.346 e. The van der Waals surface area contributed by atoms with Gasteiger partial charge in [0, 0.05) is 6.42 Å². The highest BCUT2D eigenvalue weighted by atomic mass is 19.1.